The molecule has 2 nitrogen and oxygen atoms in total. The predicted octanol–water partition coefficient (Wildman–Crippen LogP) is 2.13. The van der Waals surface area contributed by atoms with Gasteiger partial charge in [-0.15, -0.1) is 10.2 Å². The lowest BCUT2D eigenvalue weighted by Crippen LogP contribution is -1.79. The van der Waals surface area contributed by atoms with Gasteiger partial charge in [-0.25, -0.2) is 8.78 Å². The van der Waals surface area contributed by atoms with Gasteiger partial charge in [0.1, 0.15) is 0 Å². The molecule has 0 aliphatic rings. The summed E-state index contributed by atoms with van der Waals surface area (Å²) < 4.78 is 23.3. The lowest BCUT2D eigenvalue weighted by atomic mass is 10.8. The van der Waals surface area contributed by atoms with Crippen molar-refractivity contribution in [3.63, 3.8) is 0 Å². The Bertz CT molecular complexity index is 201. The summed E-state index contributed by atoms with van der Waals surface area (Å²) in [5, 5.41) is 5.96. The Morgan fingerprint density at radius 1 is 1.44 bits per heavy atom. The second kappa shape index (κ2) is 2.53. The second-order valence-electron chi connectivity index (χ2n) is 1.19. The zero-order chi connectivity index (χ0) is 6.85. The van der Waals surface area contributed by atoms with Crippen LogP contribution in [0.1, 0.15) is 11.4 Å². The number of nitrogens with zero attached hydrogens (tertiary/aromatic N) is 2. The molecule has 1 aromatic rings. The highest BCUT2D eigenvalue weighted by molar-refractivity contribution is 7.15. The van der Waals surface area contributed by atoms with Crippen LogP contribution in [0, 0.1) is 0 Å². The van der Waals surface area contributed by atoms with Gasteiger partial charge in [0.25, 0.3) is 6.43 Å². The van der Waals surface area contributed by atoms with Crippen LogP contribution in [-0.2, 0) is 0 Å². The summed E-state index contributed by atoms with van der Waals surface area (Å²) in [5.41, 5.74) is 0. The zero-order valence-corrected chi connectivity index (χ0v) is 5.59. The van der Waals surface area contributed by atoms with Gasteiger partial charge < -0.3 is 0 Å². The predicted molar refractivity (Wildman–Crippen MR) is 29.9 cm³/mol. The Labute approximate surface area is 58.5 Å². The summed E-state index contributed by atoms with van der Waals surface area (Å²) in [5.74, 6) is 0. The molecule has 0 atom stereocenters. The molecule has 0 saturated carbocycles. The van der Waals surface area contributed by atoms with Crippen LogP contribution in [0.15, 0.2) is 0 Å². The zero-order valence-electron chi connectivity index (χ0n) is 4.01. The molecule has 0 unspecified atom stereocenters. The Hall–Kier alpha value is -0.290. The summed E-state index contributed by atoms with van der Waals surface area (Å²) in [4.78, 5) is 0. The number of hydrogen-bond donors (Lipinski definition) is 0. The highest BCUT2D eigenvalue weighted by atomic mass is 35.5. The summed E-state index contributed by atoms with van der Waals surface area (Å²) >= 11 is 5.91. The van der Waals surface area contributed by atoms with E-state index in [4.69, 9.17) is 11.6 Å². The van der Waals surface area contributed by atoms with Crippen molar-refractivity contribution in [1.82, 2.24) is 10.2 Å². The van der Waals surface area contributed by atoms with Gasteiger partial charge in [0.2, 0.25) is 4.47 Å². The van der Waals surface area contributed by atoms with E-state index < -0.39 is 6.43 Å². The molecular formula is C3HClF2N2S. The van der Waals surface area contributed by atoms with Gasteiger partial charge in [-0.1, -0.05) is 11.3 Å². The molecule has 0 aromatic carbocycles. The highest BCUT2D eigenvalue weighted by Gasteiger charge is 2.12. The van der Waals surface area contributed by atoms with Crippen molar-refractivity contribution in [2.45, 2.75) is 6.43 Å². The maximum atomic E-state index is 11.6. The minimum Gasteiger partial charge on any atom is -0.202 e. The molecule has 0 spiro atoms. The Balaban J connectivity index is 2.85. The van der Waals surface area contributed by atoms with Gasteiger partial charge in [0.05, 0.1) is 0 Å². The van der Waals surface area contributed by atoms with E-state index in [-0.39, 0.29) is 9.47 Å². The molecule has 9 heavy (non-hydrogen) atoms. The van der Waals surface area contributed by atoms with Crippen LogP contribution in [0.5, 0.6) is 0 Å². The molecule has 1 rings (SSSR count). The molecule has 50 valence electrons. The van der Waals surface area contributed by atoms with Crippen molar-refractivity contribution in [2.24, 2.45) is 0 Å². The summed E-state index contributed by atoms with van der Waals surface area (Å²) in [6.45, 7) is 0. The maximum absolute atomic E-state index is 11.6. The van der Waals surface area contributed by atoms with E-state index >= 15 is 0 Å². The van der Waals surface area contributed by atoms with E-state index in [9.17, 15) is 8.78 Å². The fourth-order valence-electron chi connectivity index (χ4n) is 0.304. The van der Waals surface area contributed by atoms with Crippen molar-refractivity contribution >= 4 is 22.9 Å². The topological polar surface area (TPSA) is 25.8 Å². The fraction of sp³-hybridized carbons (Fsp3) is 0.333. The third kappa shape index (κ3) is 1.56. The number of halogens is 3. The van der Waals surface area contributed by atoms with Crippen LogP contribution < -0.4 is 0 Å². The standard InChI is InChI=1S/C3HClF2N2S/c4-3-8-7-2(9-3)1(5)6/h1H. The maximum Gasteiger partial charge on any atom is 0.291 e. The first-order chi connectivity index (χ1) is 4.20. The van der Waals surface area contributed by atoms with Crippen LogP contribution in [0.4, 0.5) is 8.78 Å². The van der Waals surface area contributed by atoms with E-state index in [1.165, 1.54) is 0 Å². The molecule has 0 fully saturated rings. The van der Waals surface area contributed by atoms with Crippen LogP contribution in [0.2, 0.25) is 4.47 Å². The molecule has 0 bridgehead atoms. The fourth-order valence-corrected chi connectivity index (χ4v) is 1.00. The smallest absolute Gasteiger partial charge is 0.202 e. The van der Waals surface area contributed by atoms with Crippen molar-refractivity contribution in [3.8, 4) is 0 Å². The van der Waals surface area contributed by atoms with E-state index in [0.717, 1.165) is 0 Å². The second-order valence-corrected chi connectivity index (χ2v) is 2.79. The van der Waals surface area contributed by atoms with Gasteiger partial charge >= 0.3 is 0 Å². The molecule has 0 saturated heterocycles. The highest BCUT2D eigenvalue weighted by Crippen LogP contribution is 2.24. The van der Waals surface area contributed by atoms with E-state index in [0.29, 0.717) is 11.3 Å². The van der Waals surface area contributed by atoms with Crippen molar-refractivity contribution in [2.75, 3.05) is 0 Å². The van der Waals surface area contributed by atoms with Crippen molar-refractivity contribution in [1.29, 1.82) is 0 Å². The first-order valence-electron chi connectivity index (χ1n) is 1.97. The summed E-state index contributed by atoms with van der Waals surface area (Å²) in [7, 11) is 0. The summed E-state index contributed by atoms with van der Waals surface area (Å²) in [6.07, 6.45) is -2.56. The lowest BCUT2D eigenvalue weighted by molar-refractivity contribution is 0.150. The first kappa shape index (κ1) is 6.82. The number of rotatable bonds is 1. The molecule has 0 aliphatic heterocycles. The molecule has 0 amide bonds. The van der Waals surface area contributed by atoms with Gasteiger partial charge in [-0.3, -0.25) is 0 Å². The largest absolute Gasteiger partial charge is 0.291 e. The van der Waals surface area contributed by atoms with Gasteiger partial charge in [-0.2, -0.15) is 0 Å². The first-order valence-corrected chi connectivity index (χ1v) is 3.16. The molecule has 1 heterocycles. The number of aromatic nitrogens is 2. The average molecular weight is 171 g/mol. The average Bonchev–Trinajstić information content (AvgIpc) is 2.14. The minimum absolute atomic E-state index is 0.0466. The Kier molecular flexibility index (Phi) is 1.92. The molecule has 0 N–H and O–H groups in total. The van der Waals surface area contributed by atoms with Gasteiger partial charge in [0.15, 0.2) is 5.01 Å². The number of alkyl halides is 2. The van der Waals surface area contributed by atoms with Crippen LogP contribution >= 0.6 is 22.9 Å². The van der Waals surface area contributed by atoms with Crippen LogP contribution in [0.25, 0.3) is 0 Å². The van der Waals surface area contributed by atoms with E-state index in [1.807, 2.05) is 0 Å². The number of hydrogen-bond acceptors (Lipinski definition) is 3. The third-order valence-corrected chi connectivity index (χ3v) is 1.63. The van der Waals surface area contributed by atoms with E-state index in [1.54, 1.807) is 0 Å². The summed E-state index contributed by atoms with van der Waals surface area (Å²) in [6, 6.07) is 0. The monoisotopic (exact) mass is 170 g/mol. The Morgan fingerprint density at radius 2 is 2.11 bits per heavy atom. The quantitative estimate of drug-likeness (QED) is 0.645. The molecule has 0 aliphatic carbocycles. The van der Waals surface area contributed by atoms with E-state index in [2.05, 4.69) is 10.2 Å². The normalized spacial score (nSPS) is 10.7. The van der Waals surface area contributed by atoms with Gasteiger partial charge in [0, 0.05) is 0 Å². The third-order valence-electron chi connectivity index (χ3n) is 0.603. The molecular weight excluding hydrogens is 170 g/mol. The van der Waals surface area contributed by atoms with Crippen molar-refractivity contribution < 1.29 is 8.78 Å². The van der Waals surface area contributed by atoms with Crippen LogP contribution in [0.3, 0.4) is 0 Å². The molecule has 1 aromatic heterocycles. The van der Waals surface area contributed by atoms with Crippen LogP contribution in [-0.4, -0.2) is 10.2 Å². The molecule has 0 radical (unpaired) electrons. The minimum atomic E-state index is -2.56. The van der Waals surface area contributed by atoms with Crippen molar-refractivity contribution in [3.05, 3.63) is 9.47 Å². The van der Waals surface area contributed by atoms with Gasteiger partial charge in [-0.05, 0) is 11.6 Å². The Morgan fingerprint density at radius 3 is 2.33 bits per heavy atom. The lowest BCUT2D eigenvalue weighted by Gasteiger charge is -1.84. The SMILES string of the molecule is FC(F)c1nnc(Cl)s1. The molecule has 6 heteroatoms.